The molecular formula is C54H84O23. The van der Waals surface area contributed by atoms with Crippen molar-refractivity contribution in [3.8, 4) is 0 Å². The first-order chi connectivity index (χ1) is 35.8. The molecule has 0 radical (unpaired) electrons. The topological polar surface area (TPSA) is 368 Å². The third-order valence-electron chi connectivity index (χ3n) is 20.6. The van der Waals surface area contributed by atoms with Crippen LogP contribution in [0.2, 0.25) is 0 Å². The fourth-order valence-electron chi connectivity index (χ4n) is 16.0. The molecule has 3 heterocycles. The Morgan fingerprint density at radius 1 is 0.766 bits per heavy atom. The highest BCUT2D eigenvalue weighted by Gasteiger charge is 2.74. The van der Waals surface area contributed by atoms with Crippen molar-refractivity contribution in [2.45, 2.75) is 224 Å². The van der Waals surface area contributed by atoms with E-state index in [4.69, 9.17) is 37.9 Å². The number of aliphatic hydroxyl groups excluding tert-OH is 10. The van der Waals surface area contributed by atoms with Gasteiger partial charge in [-0.25, -0.2) is 9.59 Å². The molecule has 3 saturated heterocycles. The van der Waals surface area contributed by atoms with Crippen molar-refractivity contribution < 1.29 is 114 Å². The number of carboxylic acid groups (broad SMARTS) is 1. The summed E-state index contributed by atoms with van der Waals surface area (Å²) in [5.74, 6) is -6.76. The van der Waals surface area contributed by atoms with Crippen LogP contribution in [0.3, 0.4) is 0 Å². The van der Waals surface area contributed by atoms with Crippen LogP contribution in [-0.2, 0) is 52.3 Å². The second kappa shape index (κ2) is 21.2. The smallest absolute Gasteiger partial charge is 0.335 e. The van der Waals surface area contributed by atoms with E-state index in [1.165, 1.54) is 6.92 Å². The lowest BCUT2D eigenvalue weighted by Gasteiger charge is -2.72. The van der Waals surface area contributed by atoms with Gasteiger partial charge < -0.3 is 99.2 Å². The summed E-state index contributed by atoms with van der Waals surface area (Å²) in [6.45, 7) is 17.0. The predicted molar refractivity (Wildman–Crippen MR) is 263 cm³/mol. The van der Waals surface area contributed by atoms with Gasteiger partial charge in [-0.3, -0.25) is 4.79 Å². The van der Waals surface area contributed by atoms with Gasteiger partial charge in [-0.2, -0.15) is 0 Å². The van der Waals surface area contributed by atoms with E-state index in [2.05, 4.69) is 26.8 Å². The average molecular weight is 1100 g/mol. The number of rotatable bonds is 12. The molecule has 0 aromatic heterocycles. The maximum Gasteiger partial charge on any atom is 0.335 e. The van der Waals surface area contributed by atoms with Crippen LogP contribution < -0.4 is 0 Å². The fraction of sp³-hybridized carbons (Fsp3) is 0.870. The van der Waals surface area contributed by atoms with Crippen molar-refractivity contribution in [3.63, 3.8) is 0 Å². The van der Waals surface area contributed by atoms with Crippen LogP contribution in [0.4, 0.5) is 0 Å². The molecule has 77 heavy (non-hydrogen) atoms. The zero-order valence-corrected chi connectivity index (χ0v) is 45.6. The standard InChI is InChI=1S/C54H84O23/c1-11-23(2)45(68)76-42-43(71-24(3)57)53(22-56)26(18-48(42,4)5)25-12-13-30-50(8)16-15-32(49(6,7)29(50)14-17-51(30,9)52(25,10)19-31(53)59)73-47-40(75-46-36(63)35(62)34(61)28(20-55)72-46)38(37(64)39(74-47)44(66)67)77-54(69)41(65)33(60)27(58)21-70-54/h11-12,26-43,46-47,55-56,58-65,69H,13-22H2,1-10H3,(H,66,67)/b23-11-/t26-,27-,28+,29-,30+,31+,32-,33-,34+,35-,36+,37-,38-,39-,40+,41+,42-,43-,46-,47+,50-,51+,52+,53-,54+/m0/s1. The predicted octanol–water partition coefficient (Wildman–Crippen LogP) is -0.334. The Balaban J connectivity index is 1.12. The highest BCUT2D eigenvalue weighted by Crippen LogP contribution is 2.76. The fourth-order valence-corrected chi connectivity index (χ4v) is 16.0. The number of hydrogen-bond acceptors (Lipinski definition) is 22. The largest absolute Gasteiger partial charge is 0.479 e. The molecule has 3 aliphatic heterocycles. The minimum absolute atomic E-state index is 0.00368. The zero-order chi connectivity index (χ0) is 57.1. The molecule has 8 aliphatic rings. The quantitative estimate of drug-likeness (QED) is 0.0391. The van der Waals surface area contributed by atoms with Crippen LogP contribution in [0, 0.1) is 50.2 Å². The average Bonchev–Trinajstić information content (AvgIpc) is 3.52. The molecule has 25 atom stereocenters. The van der Waals surface area contributed by atoms with Crippen molar-refractivity contribution in [3.05, 3.63) is 23.3 Å². The number of allylic oxidation sites excluding steroid dienone is 3. The molecule has 0 aromatic rings. The van der Waals surface area contributed by atoms with Gasteiger partial charge in [-0.1, -0.05) is 66.2 Å². The minimum Gasteiger partial charge on any atom is -0.479 e. The molecule has 0 aromatic carbocycles. The zero-order valence-electron chi connectivity index (χ0n) is 45.6. The van der Waals surface area contributed by atoms with Gasteiger partial charge in [-0.15, -0.1) is 0 Å². The number of carbonyl (C=O) groups is 3. The highest BCUT2D eigenvalue weighted by molar-refractivity contribution is 5.87. The summed E-state index contributed by atoms with van der Waals surface area (Å²) in [4.78, 5) is 39.2. The lowest BCUT2D eigenvalue weighted by atomic mass is 9.33. The molecule has 5 aliphatic carbocycles. The molecule has 438 valence electrons. The van der Waals surface area contributed by atoms with E-state index in [0.29, 0.717) is 44.1 Å². The van der Waals surface area contributed by atoms with Crippen LogP contribution in [0.1, 0.15) is 114 Å². The molecular weight excluding hydrogens is 1020 g/mol. The van der Waals surface area contributed by atoms with Gasteiger partial charge in [0.2, 0.25) is 0 Å². The number of ether oxygens (including phenoxy) is 8. The number of esters is 2. The minimum atomic E-state index is -3.23. The molecule has 7 fully saturated rings. The summed E-state index contributed by atoms with van der Waals surface area (Å²) in [7, 11) is 0. The lowest BCUT2D eigenvalue weighted by molar-refractivity contribution is -0.467. The molecule has 0 spiro atoms. The Morgan fingerprint density at radius 2 is 1.44 bits per heavy atom. The monoisotopic (exact) mass is 1100 g/mol. The number of hydrogen-bond donors (Lipinski definition) is 12. The second-order valence-electron chi connectivity index (χ2n) is 25.4. The molecule has 23 nitrogen and oxygen atoms in total. The summed E-state index contributed by atoms with van der Waals surface area (Å²) < 4.78 is 48.0. The molecule has 0 bridgehead atoms. The van der Waals surface area contributed by atoms with Crippen LogP contribution in [-0.4, -0.2) is 209 Å². The Morgan fingerprint density at radius 3 is 2.05 bits per heavy atom. The molecule has 8 rings (SSSR count). The van der Waals surface area contributed by atoms with Crippen molar-refractivity contribution in [1.29, 1.82) is 0 Å². The Kier molecular flexibility index (Phi) is 16.6. The lowest BCUT2D eigenvalue weighted by Crippen LogP contribution is -2.72. The number of carboxylic acids is 1. The van der Waals surface area contributed by atoms with E-state index in [1.54, 1.807) is 19.9 Å². The van der Waals surface area contributed by atoms with Gasteiger partial charge in [-0.05, 0) is 98.2 Å². The first-order valence-electron chi connectivity index (χ1n) is 27.0. The normalized spacial score (nSPS) is 50.4. The number of carbonyl (C=O) groups excluding carboxylic acids is 2. The van der Waals surface area contributed by atoms with Crippen LogP contribution in [0.25, 0.3) is 0 Å². The Bertz CT molecular complexity index is 2270. The summed E-state index contributed by atoms with van der Waals surface area (Å²) in [5.41, 5.74) is -3.08. The van der Waals surface area contributed by atoms with E-state index in [0.717, 1.165) is 5.57 Å². The van der Waals surface area contributed by atoms with Crippen LogP contribution in [0.5, 0.6) is 0 Å². The molecule has 12 N–H and O–H groups in total. The molecule has 0 unspecified atom stereocenters. The highest BCUT2D eigenvalue weighted by atomic mass is 16.8. The van der Waals surface area contributed by atoms with E-state index in [9.17, 15) is 75.7 Å². The van der Waals surface area contributed by atoms with Crippen molar-refractivity contribution >= 4 is 17.9 Å². The van der Waals surface area contributed by atoms with E-state index in [1.807, 2.05) is 27.7 Å². The summed E-state index contributed by atoms with van der Waals surface area (Å²) in [6.07, 6.45) is -22.8. The van der Waals surface area contributed by atoms with E-state index in [-0.39, 0.29) is 18.3 Å². The second-order valence-corrected chi connectivity index (χ2v) is 25.4. The van der Waals surface area contributed by atoms with Crippen molar-refractivity contribution in [2.75, 3.05) is 19.8 Å². The van der Waals surface area contributed by atoms with Gasteiger partial charge in [0.25, 0.3) is 0 Å². The van der Waals surface area contributed by atoms with Gasteiger partial charge in [0, 0.05) is 17.9 Å². The molecule has 23 heteroatoms. The van der Waals surface area contributed by atoms with Gasteiger partial charge >= 0.3 is 23.9 Å². The van der Waals surface area contributed by atoms with Crippen LogP contribution >= 0.6 is 0 Å². The maximum atomic E-state index is 13.4. The molecule has 4 saturated carbocycles. The first-order valence-corrected chi connectivity index (χ1v) is 27.0. The van der Waals surface area contributed by atoms with Crippen molar-refractivity contribution in [2.24, 2.45) is 50.2 Å². The van der Waals surface area contributed by atoms with Gasteiger partial charge in [0.15, 0.2) is 24.8 Å². The number of aliphatic hydroxyl groups is 11. The Labute approximate surface area is 448 Å². The third-order valence-corrected chi connectivity index (χ3v) is 20.6. The maximum absolute atomic E-state index is 13.4. The van der Waals surface area contributed by atoms with Gasteiger partial charge in [0.1, 0.15) is 67.1 Å². The number of aliphatic carboxylic acids is 1. The molecule has 0 amide bonds. The number of fused-ring (bicyclic) bond motifs is 7. The van der Waals surface area contributed by atoms with E-state index >= 15 is 0 Å². The Hall–Kier alpha value is -2.79. The van der Waals surface area contributed by atoms with E-state index < -0.39 is 186 Å². The van der Waals surface area contributed by atoms with Crippen LogP contribution in [0.15, 0.2) is 23.3 Å². The summed E-state index contributed by atoms with van der Waals surface area (Å²) in [6, 6.07) is 0. The third kappa shape index (κ3) is 9.55. The van der Waals surface area contributed by atoms with Crippen molar-refractivity contribution in [1.82, 2.24) is 0 Å². The first kappa shape index (κ1) is 60.3. The summed E-state index contributed by atoms with van der Waals surface area (Å²) >= 11 is 0. The van der Waals surface area contributed by atoms with Gasteiger partial charge in [0.05, 0.1) is 37.4 Å². The SMILES string of the molecule is C/C=C(/C)C(=O)O[C@H]1[C@H](OC(C)=O)[C@]2(CO)[C@H](O)C[C@]3(C)C(=CC[C@@H]4[C@@]5(C)CC[C@H](O[C@@H]6O[C@H](C(=O)O)[C@@H](O)[C@H](O[C@]7(O)OC[C@H](O)[C@H](O)[C@H]7O)[C@H]6O[C@@H]6O[C@H](CO)[C@@H](O)[C@H](O)[C@H]6O)C(C)(C)[C@@H]5CC[C@]43C)[C@@H]2CC1(C)C. The summed E-state index contributed by atoms with van der Waals surface area (Å²) in [5, 5.41) is 132.